The second-order valence-electron chi connectivity index (χ2n) is 9.85. The number of anilines is 1. The second-order valence-corrected chi connectivity index (χ2v) is 9.85. The Morgan fingerprint density at radius 1 is 0.667 bits per heavy atom. The molecule has 0 saturated carbocycles. The molecule has 0 aliphatic heterocycles. The average Bonchev–Trinajstić information content (AvgIpc) is 2.47. The van der Waals surface area contributed by atoms with E-state index in [-0.39, 0.29) is 5.69 Å². The van der Waals surface area contributed by atoms with Gasteiger partial charge in [-0.15, -0.1) is 5.01 Å². The lowest BCUT2D eigenvalue weighted by Gasteiger charge is -2.36. The maximum atomic E-state index is 13.1. The van der Waals surface area contributed by atoms with Gasteiger partial charge in [0.15, 0.2) is 0 Å². The number of imide groups is 1. The van der Waals surface area contributed by atoms with Gasteiger partial charge in [0.05, 0.1) is 5.69 Å². The highest BCUT2D eigenvalue weighted by Gasteiger charge is 2.41. The van der Waals surface area contributed by atoms with Crippen molar-refractivity contribution in [1.82, 2.24) is 5.01 Å². The first-order chi connectivity index (χ1) is 13.4. The molecule has 0 aliphatic rings. The minimum atomic E-state index is -1.06. The molecule has 168 valence electrons. The highest BCUT2D eigenvalue weighted by Crippen LogP contribution is 2.27. The average molecular weight is 423 g/mol. The maximum absolute atomic E-state index is 13.1. The van der Waals surface area contributed by atoms with Crippen LogP contribution in [0.1, 0.15) is 67.9 Å². The van der Waals surface area contributed by atoms with Gasteiger partial charge in [0.25, 0.3) is 0 Å². The summed E-state index contributed by atoms with van der Waals surface area (Å²) in [5.41, 5.74) is -1.78. The van der Waals surface area contributed by atoms with E-state index in [1.165, 1.54) is 0 Å². The summed E-state index contributed by atoms with van der Waals surface area (Å²) in [5.74, 6) is 0. The Kier molecular flexibility index (Phi) is 7.52. The fourth-order valence-electron chi connectivity index (χ4n) is 2.24. The van der Waals surface area contributed by atoms with E-state index in [4.69, 9.17) is 14.2 Å². The Bertz CT molecular complexity index is 756. The molecule has 0 bridgehead atoms. The minimum absolute atomic E-state index is 0.281. The minimum Gasteiger partial charge on any atom is -0.442 e. The molecule has 8 heteroatoms. The highest BCUT2D eigenvalue weighted by atomic mass is 16.6. The van der Waals surface area contributed by atoms with Crippen molar-refractivity contribution in [2.45, 2.75) is 86.0 Å². The third kappa shape index (κ3) is 7.93. The molecule has 0 N–H and O–H groups in total. The van der Waals surface area contributed by atoms with Gasteiger partial charge in [-0.05, 0) is 80.9 Å². The molecule has 1 rings (SSSR count). The summed E-state index contributed by atoms with van der Waals surface area (Å²) in [6.45, 7) is 16.7. The van der Waals surface area contributed by atoms with Crippen LogP contribution in [0.2, 0.25) is 0 Å². The fourth-order valence-corrected chi connectivity index (χ4v) is 2.24. The molecule has 30 heavy (non-hydrogen) atoms. The van der Waals surface area contributed by atoms with Crippen molar-refractivity contribution in [2.75, 3.05) is 5.01 Å². The summed E-state index contributed by atoms with van der Waals surface area (Å²) in [6.07, 6.45) is -3.05. The van der Waals surface area contributed by atoms with E-state index in [0.29, 0.717) is 10.6 Å². The van der Waals surface area contributed by atoms with Crippen LogP contribution in [-0.4, -0.2) is 40.1 Å². The normalized spacial score (nSPS) is 12.1. The number of ether oxygens (including phenoxy) is 3. The van der Waals surface area contributed by atoms with Gasteiger partial charge in [-0.25, -0.2) is 14.4 Å². The third-order valence-electron chi connectivity index (χ3n) is 3.24. The van der Waals surface area contributed by atoms with Crippen LogP contribution in [0.25, 0.3) is 0 Å². The van der Waals surface area contributed by atoms with Crippen LogP contribution in [0.4, 0.5) is 20.1 Å². The number of rotatable bonds is 1. The predicted molar refractivity (Wildman–Crippen MR) is 114 cm³/mol. The van der Waals surface area contributed by atoms with Crippen LogP contribution in [0.15, 0.2) is 24.3 Å². The summed E-state index contributed by atoms with van der Waals surface area (Å²) >= 11 is 0. The van der Waals surface area contributed by atoms with Gasteiger partial charge in [-0.3, -0.25) is 0 Å². The molecule has 0 unspecified atom stereocenters. The first kappa shape index (κ1) is 25.3. The zero-order valence-electron chi connectivity index (χ0n) is 19.7. The van der Waals surface area contributed by atoms with E-state index in [0.717, 1.165) is 5.01 Å². The standard InChI is InChI=1S/C22H34N2O6/c1-15-13-11-12-14-16(15)23(17(25)28-20(2,3)4)24(18(26)29-21(5,6)7)19(27)30-22(8,9)10/h11-14H,1-10H3. The molecule has 0 fully saturated rings. The van der Waals surface area contributed by atoms with Gasteiger partial charge in [0.1, 0.15) is 16.8 Å². The Labute approximate surface area is 179 Å². The van der Waals surface area contributed by atoms with Crippen LogP contribution in [0.3, 0.4) is 0 Å². The van der Waals surface area contributed by atoms with Gasteiger partial charge in [0.2, 0.25) is 0 Å². The van der Waals surface area contributed by atoms with Gasteiger partial charge in [0, 0.05) is 0 Å². The third-order valence-corrected chi connectivity index (χ3v) is 3.24. The Morgan fingerprint density at radius 2 is 1.03 bits per heavy atom. The summed E-state index contributed by atoms with van der Waals surface area (Å²) in [6, 6.07) is 6.80. The van der Waals surface area contributed by atoms with E-state index in [1.54, 1.807) is 93.5 Å². The highest BCUT2D eigenvalue weighted by molar-refractivity contribution is 5.99. The lowest BCUT2D eigenvalue weighted by Crippen LogP contribution is -2.57. The molecule has 0 aliphatic carbocycles. The van der Waals surface area contributed by atoms with Gasteiger partial charge >= 0.3 is 18.3 Å². The number of hydrogen-bond acceptors (Lipinski definition) is 6. The number of hydrogen-bond donors (Lipinski definition) is 0. The Hall–Kier alpha value is -2.77. The molecular weight excluding hydrogens is 388 g/mol. The molecule has 0 atom stereocenters. The van der Waals surface area contributed by atoms with E-state index < -0.39 is 35.1 Å². The number of benzene rings is 1. The molecule has 1 aromatic rings. The predicted octanol–water partition coefficient (Wildman–Crippen LogP) is 5.82. The van der Waals surface area contributed by atoms with E-state index in [2.05, 4.69) is 0 Å². The van der Waals surface area contributed by atoms with Crippen LogP contribution >= 0.6 is 0 Å². The fraction of sp³-hybridized carbons (Fsp3) is 0.591. The van der Waals surface area contributed by atoms with E-state index in [9.17, 15) is 14.4 Å². The molecular formula is C22H34N2O6. The largest absolute Gasteiger partial charge is 0.442 e. The van der Waals surface area contributed by atoms with E-state index in [1.807, 2.05) is 0 Å². The van der Waals surface area contributed by atoms with Crippen molar-refractivity contribution in [1.29, 1.82) is 0 Å². The first-order valence-corrected chi connectivity index (χ1v) is 9.76. The molecule has 0 saturated heterocycles. The van der Waals surface area contributed by atoms with Crippen molar-refractivity contribution < 1.29 is 28.6 Å². The SMILES string of the molecule is Cc1ccccc1N(C(=O)OC(C)(C)C)N(C(=O)OC(C)(C)C)C(=O)OC(C)(C)C. The van der Waals surface area contributed by atoms with Crippen LogP contribution < -0.4 is 5.01 Å². The number of carbonyl (C=O) groups is 3. The number of amides is 3. The molecule has 0 radical (unpaired) electrons. The Balaban J connectivity index is 3.61. The molecule has 8 nitrogen and oxygen atoms in total. The lowest BCUT2D eigenvalue weighted by atomic mass is 10.2. The summed E-state index contributed by atoms with van der Waals surface area (Å²) < 4.78 is 16.3. The molecule has 0 heterocycles. The number of para-hydroxylation sites is 1. The number of aryl methyl sites for hydroxylation is 1. The zero-order valence-corrected chi connectivity index (χ0v) is 19.7. The molecule has 0 spiro atoms. The van der Waals surface area contributed by atoms with Crippen LogP contribution in [0.5, 0.6) is 0 Å². The second kappa shape index (κ2) is 8.93. The summed E-state index contributed by atoms with van der Waals surface area (Å²) in [7, 11) is 0. The number of nitrogens with zero attached hydrogens (tertiary/aromatic N) is 2. The topological polar surface area (TPSA) is 85.4 Å². The zero-order chi connectivity index (χ0) is 23.5. The molecule has 3 amide bonds. The lowest BCUT2D eigenvalue weighted by molar-refractivity contribution is -0.00669. The van der Waals surface area contributed by atoms with Crippen molar-refractivity contribution >= 4 is 24.0 Å². The quantitative estimate of drug-likeness (QED) is 0.418. The van der Waals surface area contributed by atoms with Crippen LogP contribution in [-0.2, 0) is 14.2 Å². The van der Waals surface area contributed by atoms with Crippen LogP contribution in [0, 0.1) is 6.92 Å². The Morgan fingerprint density at radius 3 is 1.40 bits per heavy atom. The summed E-state index contributed by atoms with van der Waals surface area (Å²) in [4.78, 5) is 39.2. The number of hydrazine groups is 1. The number of carbonyl (C=O) groups excluding carboxylic acids is 3. The summed E-state index contributed by atoms with van der Waals surface area (Å²) in [5, 5.41) is 1.38. The van der Waals surface area contributed by atoms with Crippen molar-refractivity contribution in [3.63, 3.8) is 0 Å². The van der Waals surface area contributed by atoms with Crippen molar-refractivity contribution in [3.8, 4) is 0 Å². The maximum Gasteiger partial charge on any atom is 0.440 e. The monoisotopic (exact) mass is 422 g/mol. The van der Waals surface area contributed by atoms with Crippen molar-refractivity contribution in [3.05, 3.63) is 29.8 Å². The molecule has 0 aromatic heterocycles. The van der Waals surface area contributed by atoms with Gasteiger partial charge in [-0.2, -0.15) is 5.01 Å². The van der Waals surface area contributed by atoms with Gasteiger partial charge < -0.3 is 14.2 Å². The van der Waals surface area contributed by atoms with Crippen molar-refractivity contribution in [2.24, 2.45) is 0 Å². The first-order valence-electron chi connectivity index (χ1n) is 9.76. The van der Waals surface area contributed by atoms with E-state index >= 15 is 0 Å². The molecule has 1 aromatic carbocycles. The van der Waals surface area contributed by atoms with Gasteiger partial charge in [-0.1, -0.05) is 18.2 Å². The smallest absolute Gasteiger partial charge is 0.440 e.